The Hall–Kier alpha value is -3.59. The van der Waals surface area contributed by atoms with Gasteiger partial charge in [0, 0.05) is 12.1 Å². The number of nitrogens with one attached hydrogen (secondary N) is 2. The molecule has 1 fully saturated rings. The largest absolute Gasteiger partial charge is 0.493 e. The fourth-order valence-electron chi connectivity index (χ4n) is 3.17. The molecule has 2 N–H and O–H groups in total. The third kappa shape index (κ3) is 6.71. The summed E-state index contributed by atoms with van der Waals surface area (Å²) in [5, 5.41) is 5.07. The predicted molar refractivity (Wildman–Crippen MR) is 117 cm³/mol. The van der Waals surface area contributed by atoms with Gasteiger partial charge in [-0.2, -0.15) is 0 Å². The van der Waals surface area contributed by atoms with Gasteiger partial charge in [-0.15, -0.1) is 0 Å². The molecular weight excluding hydrogens is 414 g/mol. The minimum Gasteiger partial charge on any atom is -0.493 e. The highest BCUT2D eigenvalue weighted by atomic mass is 16.5. The number of hydrogen-bond donors (Lipinski definition) is 2. The van der Waals surface area contributed by atoms with Crippen molar-refractivity contribution in [1.29, 1.82) is 0 Å². The van der Waals surface area contributed by atoms with E-state index < -0.39 is 5.91 Å². The summed E-state index contributed by atoms with van der Waals surface area (Å²) in [6.45, 7) is 1.08. The van der Waals surface area contributed by atoms with Crippen molar-refractivity contribution in [1.82, 2.24) is 15.5 Å². The quantitative estimate of drug-likeness (QED) is 0.598. The molecule has 2 aromatic carbocycles. The van der Waals surface area contributed by atoms with Crippen molar-refractivity contribution >= 4 is 17.7 Å². The normalized spacial score (nSPS) is 15.5. The zero-order chi connectivity index (χ0) is 22.8. The second-order valence-corrected chi connectivity index (χ2v) is 7.12. The standard InChI is InChI=1S/C23H27N3O6/c1-30-19-9-5-6-10-20(19)32-16-18-15-26(11-12-31-18)22(28)14-24-21(27)13-25-23(29)17-7-3-2-4-8-17/h2-10,18H,11-16H2,1H3,(H,24,27)(H,25,29)/t18-/m0/s1. The number of carbonyl (C=O) groups is 3. The van der Waals surface area contributed by atoms with E-state index in [1.165, 1.54) is 0 Å². The van der Waals surface area contributed by atoms with Crippen LogP contribution in [-0.4, -0.2) is 75.2 Å². The maximum Gasteiger partial charge on any atom is 0.251 e. The van der Waals surface area contributed by atoms with Gasteiger partial charge in [0.1, 0.15) is 12.7 Å². The molecule has 3 rings (SSSR count). The van der Waals surface area contributed by atoms with Gasteiger partial charge in [-0.05, 0) is 24.3 Å². The molecule has 32 heavy (non-hydrogen) atoms. The first kappa shape index (κ1) is 23.1. The molecule has 1 saturated heterocycles. The summed E-state index contributed by atoms with van der Waals surface area (Å²) in [5.41, 5.74) is 0.464. The van der Waals surface area contributed by atoms with Crippen molar-refractivity contribution in [3.8, 4) is 11.5 Å². The van der Waals surface area contributed by atoms with Crippen molar-refractivity contribution in [2.24, 2.45) is 0 Å². The van der Waals surface area contributed by atoms with Gasteiger partial charge in [-0.25, -0.2) is 0 Å². The molecule has 1 aliphatic rings. The Balaban J connectivity index is 1.39. The SMILES string of the molecule is COc1ccccc1OC[C@@H]1CN(C(=O)CNC(=O)CNC(=O)c2ccccc2)CCO1. The van der Waals surface area contributed by atoms with Crippen LogP contribution in [0.4, 0.5) is 0 Å². The monoisotopic (exact) mass is 441 g/mol. The summed E-state index contributed by atoms with van der Waals surface area (Å²) in [4.78, 5) is 38.1. The Morgan fingerprint density at radius 1 is 1.00 bits per heavy atom. The van der Waals surface area contributed by atoms with E-state index in [0.29, 0.717) is 36.8 Å². The lowest BCUT2D eigenvalue weighted by atomic mass is 10.2. The van der Waals surface area contributed by atoms with Crippen LogP contribution in [0, 0.1) is 0 Å². The summed E-state index contributed by atoms with van der Waals surface area (Å²) in [6.07, 6.45) is -0.293. The molecule has 0 aromatic heterocycles. The van der Waals surface area contributed by atoms with Crippen molar-refractivity contribution < 1.29 is 28.6 Å². The average Bonchev–Trinajstić information content (AvgIpc) is 2.85. The van der Waals surface area contributed by atoms with Crippen LogP contribution in [0.2, 0.25) is 0 Å². The summed E-state index contributed by atoms with van der Waals surface area (Å²) in [5.74, 6) is 0.216. The highest BCUT2D eigenvalue weighted by Gasteiger charge is 2.25. The molecule has 1 aliphatic heterocycles. The highest BCUT2D eigenvalue weighted by molar-refractivity contribution is 5.96. The molecule has 0 aliphatic carbocycles. The summed E-state index contributed by atoms with van der Waals surface area (Å²) in [7, 11) is 1.57. The third-order valence-corrected chi connectivity index (χ3v) is 4.87. The molecular formula is C23H27N3O6. The molecule has 0 unspecified atom stereocenters. The first-order valence-electron chi connectivity index (χ1n) is 10.3. The first-order valence-corrected chi connectivity index (χ1v) is 10.3. The lowest BCUT2D eigenvalue weighted by Gasteiger charge is -2.33. The zero-order valence-corrected chi connectivity index (χ0v) is 17.9. The molecule has 2 aromatic rings. The van der Waals surface area contributed by atoms with Gasteiger partial charge in [0.05, 0.1) is 33.4 Å². The molecule has 0 radical (unpaired) electrons. The molecule has 3 amide bonds. The van der Waals surface area contributed by atoms with Gasteiger partial charge >= 0.3 is 0 Å². The molecule has 170 valence electrons. The summed E-state index contributed by atoms with van der Waals surface area (Å²) < 4.78 is 16.7. The summed E-state index contributed by atoms with van der Waals surface area (Å²) in [6, 6.07) is 15.9. The number of rotatable bonds is 9. The van der Waals surface area contributed by atoms with E-state index in [-0.39, 0.29) is 37.6 Å². The molecule has 0 bridgehead atoms. The number of methoxy groups -OCH3 is 1. The zero-order valence-electron chi connectivity index (χ0n) is 17.9. The van der Waals surface area contributed by atoms with Crippen molar-refractivity contribution in [2.45, 2.75) is 6.10 Å². The Morgan fingerprint density at radius 3 is 2.47 bits per heavy atom. The number of ether oxygens (including phenoxy) is 3. The van der Waals surface area contributed by atoms with Crippen molar-refractivity contribution in [3.63, 3.8) is 0 Å². The Labute approximate surface area is 186 Å². The van der Waals surface area contributed by atoms with E-state index >= 15 is 0 Å². The van der Waals surface area contributed by atoms with Gasteiger partial charge in [-0.1, -0.05) is 30.3 Å². The first-order chi connectivity index (χ1) is 15.6. The Morgan fingerprint density at radius 2 is 1.72 bits per heavy atom. The van der Waals surface area contributed by atoms with E-state index in [0.717, 1.165) is 0 Å². The topological polar surface area (TPSA) is 106 Å². The van der Waals surface area contributed by atoms with Gasteiger partial charge < -0.3 is 29.7 Å². The number of morpholine rings is 1. The number of carbonyl (C=O) groups excluding carboxylic acids is 3. The predicted octanol–water partition coefficient (Wildman–Crippen LogP) is 0.848. The van der Waals surface area contributed by atoms with Crippen LogP contribution in [0.25, 0.3) is 0 Å². The smallest absolute Gasteiger partial charge is 0.251 e. The van der Waals surface area contributed by atoms with Crippen molar-refractivity contribution in [3.05, 3.63) is 60.2 Å². The van der Waals surface area contributed by atoms with Crippen LogP contribution in [-0.2, 0) is 14.3 Å². The van der Waals surface area contributed by atoms with E-state index in [4.69, 9.17) is 14.2 Å². The van der Waals surface area contributed by atoms with Crippen LogP contribution in [0.5, 0.6) is 11.5 Å². The molecule has 9 heteroatoms. The molecule has 0 saturated carbocycles. The molecule has 9 nitrogen and oxygen atoms in total. The Bertz CT molecular complexity index is 921. The minimum atomic E-state index is -0.438. The van der Waals surface area contributed by atoms with Crippen LogP contribution >= 0.6 is 0 Å². The Kier molecular flexibility index (Phi) is 8.44. The van der Waals surface area contributed by atoms with Crippen molar-refractivity contribution in [2.75, 3.05) is 46.5 Å². The molecule has 1 atom stereocenters. The van der Waals surface area contributed by atoms with Gasteiger partial charge in [-0.3, -0.25) is 14.4 Å². The van der Waals surface area contributed by atoms with Crippen LogP contribution in [0.15, 0.2) is 54.6 Å². The van der Waals surface area contributed by atoms with Gasteiger partial charge in [0.25, 0.3) is 5.91 Å². The fraction of sp³-hybridized carbons (Fsp3) is 0.348. The number of nitrogens with zero attached hydrogens (tertiary/aromatic N) is 1. The lowest BCUT2D eigenvalue weighted by Crippen LogP contribution is -2.51. The van der Waals surface area contributed by atoms with Crippen LogP contribution in [0.3, 0.4) is 0 Å². The fourth-order valence-corrected chi connectivity index (χ4v) is 3.17. The van der Waals surface area contributed by atoms with E-state index in [1.54, 1.807) is 54.5 Å². The lowest BCUT2D eigenvalue weighted by molar-refractivity contribution is -0.140. The minimum absolute atomic E-state index is 0.153. The van der Waals surface area contributed by atoms with E-state index in [9.17, 15) is 14.4 Å². The molecule has 0 spiro atoms. The van der Waals surface area contributed by atoms with E-state index in [1.807, 2.05) is 12.1 Å². The van der Waals surface area contributed by atoms with E-state index in [2.05, 4.69) is 10.6 Å². The summed E-state index contributed by atoms with van der Waals surface area (Å²) >= 11 is 0. The maximum absolute atomic E-state index is 12.5. The van der Waals surface area contributed by atoms with Crippen LogP contribution < -0.4 is 20.1 Å². The number of benzene rings is 2. The average molecular weight is 441 g/mol. The highest BCUT2D eigenvalue weighted by Crippen LogP contribution is 2.26. The number of hydrogen-bond acceptors (Lipinski definition) is 6. The second kappa shape index (κ2) is 11.7. The number of amides is 3. The second-order valence-electron chi connectivity index (χ2n) is 7.12. The number of para-hydroxylation sites is 2. The maximum atomic E-state index is 12.5. The molecule has 1 heterocycles. The third-order valence-electron chi connectivity index (χ3n) is 4.87. The van der Waals surface area contributed by atoms with Crippen LogP contribution in [0.1, 0.15) is 10.4 Å². The van der Waals surface area contributed by atoms with Gasteiger partial charge in [0.15, 0.2) is 11.5 Å². The van der Waals surface area contributed by atoms with Gasteiger partial charge in [0.2, 0.25) is 11.8 Å².